The molecule has 122 valence electrons. The summed E-state index contributed by atoms with van der Waals surface area (Å²) in [5.74, 6) is -0.276. The maximum Gasteiger partial charge on any atom is 0.232 e. The Labute approximate surface area is 142 Å². The minimum Gasteiger partial charge on any atom is -0.399 e. The van der Waals surface area contributed by atoms with E-state index in [-0.39, 0.29) is 18.1 Å². The van der Waals surface area contributed by atoms with Crippen LogP contribution in [-0.2, 0) is 11.2 Å². The summed E-state index contributed by atoms with van der Waals surface area (Å²) < 4.78 is 0. The van der Waals surface area contributed by atoms with Gasteiger partial charge in [0.25, 0.3) is 0 Å². The number of amides is 1. The molecular formula is C17H16N4O2S. The third-order valence-electron chi connectivity index (χ3n) is 3.48. The van der Waals surface area contributed by atoms with E-state index in [0.717, 1.165) is 10.9 Å². The lowest BCUT2D eigenvalue weighted by atomic mass is 10.1. The summed E-state index contributed by atoms with van der Waals surface area (Å²) in [5, 5.41) is 4.08. The number of pyridine rings is 1. The van der Waals surface area contributed by atoms with Crippen molar-refractivity contribution in [1.82, 2.24) is 9.97 Å². The number of carbonyl (C=O) groups is 2. The van der Waals surface area contributed by atoms with Gasteiger partial charge in [-0.15, -0.1) is 0 Å². The van der Waals surface area contributed by atoms with E-state index in [2.05, 4.69) is 15.3 Å². The van der Waals surface area contributed by atoms with Crippen LogP contribution in [0.4, 0.5) is 10.8 Å². The topological polar surface area (TPSA) is 98.0 Å². The molecule has 0 aliphatic rings. The van der Waals surface area contributed by atoms with Gasteiger partial charge < -0.3 is 11.1 Å². The minimum atomic E-state index is -0.221. The Kier molecular flexibility index (Phi) is 4.26. The molecule has 1 aromatic carbocycles. The maximum atomic E-state index is 12.2. The van der Waals surface area contributed by atoms with Crippen LogP contribution in [0.5, 0.6) is 0 Å². The number of anilines is 2. The molecule has 24 heavy (non-hydrogen) atoms. The van der Waals surface area contributed by atoms with Crippen LogP contribution in [0.2, 0.25) is 0 Å². The highest BCUT2D eigenvalue weighted by Crippen LogP contribution is 2.23. The van der Waals surface area contributed by atoms with E-state index in [1.54, 1.807) is 19.1 Å². The van der Waals surface area contributed by atoms with E-state index in [4.69, 9.17) is 5.73 Å². The molecule has 3 aromatic rings. The predicted molar refractivity (Wildman–Crippen MR) is 95.3 cm³/mol. The van der Waals surface area contributed by atoms with Crippen molar-refractivity contribution in [3.05, 3.63) is 46.6 Å². The lowest BCUT2D eigenvalue weighted by molar-refractivity contribution is -0.115. The van der Waals surface area contributed by atoms with E-state index in [1.165, 1.54) is 18.3 Å². The molecule has 0 spiro atoms. The van der Waals surface area contributed by atoms with Gasteiger partial charge in [0, 0.05) is 18.0 Å². The summed E-state index contributed by atoms with van der Waals surface area (Å²) in [6.07, 6.45) is 0.133. The molecule has 0 radical (unpaired) electrons. The van der Waals surface area contributed by atoms with Gasteiger partial charge in [0.1, 0.15) is 0 Å². The molecule has 6 nitrogen and oxygen atoms in total. The monoisotopic (exact) mass is 340 g/mol. The average molecular weight is 340 g/mol. The molecule has 0 saturated carbocycles. The van der Waals surface area contributed by atoms with Gasteiger partial charge in [-0.25, -0.2) is 4.98 Å². The van der Waals surface area contributed by atoms with E-state index in [9.17, 15) is 9.59 Å². The smallest absolute Gasteiger partial charge is 0.232 e. The summed E-state index contributed by atoms with van der Waals surface area (Å²) in [5.41, 5.74) is 8.49. The Morgan fingerprint density at radius 1 is 1.21 bits per heavy atom. The van der Waals surface area contributed by atoms with Crippen LogP contribution in [0.15, 0.2) is 30.3 Å². The van der Waals surface area contributed by atoms with Crippen molar-refractivity contribution >= 4 is 44.7 Å². The number of carbonyl (C=O) groups excluding carboxylic acids is 2. The zero-order chi connectivity index (χ0) is 17.3. The number of fused-ring (bicyclic) bond motifs is 1. The fraction of sp³-hybridized carbons (Fsp3) is 0.176. The number of nitrogens with one attached hydrogen (secondary N) is 1. The summed E-state index contributed by atoms with van der Waals surface area (Å²) in [6, 6.07) is 9.14. The molecule has 3 N–H and O–H groups in total. The third-order valence-corrected chi connectivity index (χ3v) is 4.65. The number of rotatable bonds is 4. The number of hydrogen-bond acceptors (Lipinski definition) is 6. The van der Waals surface area contributed by atoms with Crippen molar-refractivity contribution in [2.45, 2.75) is 20.3 Å². The van der Waals surface area contributed by atoms with Gasteiger partial charge in [-0.05, 0) is 31.2 Å². The molecular weight excluding hydrogens is 324 g/mol. The summed E-state index contributed by atoms with van der Waals surface area (Å²) in [7, 11) is 0. The van der Waals surface area contributed by atoms with Gasteiger partial charge in [0.05, 0.1) is 28.2 Å². The summed E-state index contributed by atoms with van der Waals surface area (Å²) in [6.45, 7) is 3.23. The van der Waals surface area contributed by atoms with Crippen LogP contribution in [0, 0.1) is 6.92 Å². The summed E-state index contributed by atoms with van der Waals surface area (Å²) in [4.78, 5) is 32.8. The molecule has 0 aliphatic heterocycles. The first-order chi connectivity index (χ1) is 11.4. The molecule has 0 bridgehead atoms. The van der Waals surface area contributed by atoms with Crippen LogP contribution in [-0.4, -0.2) is 21.7 Å². The van der Waals surface area contributed by atoms with E-state index >= 15 is 0 Å². The SMILES string of the molecule is CC(=O)c1sc(NC(=O)Cc2ccc3cc(N)ccc3n2)nc1C. The number of nitrogens with two attached hydrogens (primary N) is 1. The first-order valence-electron chi connectivity index (χ1n) is 7.36. The Bertz CT molecular complexity index is 949. The summed E-state index contributed by atoms with van der Waals surface area (Å²) >= 11 is 1.18. The van der Waals surface area contributed by atoms with Crippen molar-refractivity contribution in [1.29, 1.82) is 0 Å². The van der Waals surface area contributed by atoms with Crippen molar-refractivity contribution in [2.24, 2.45) is 0 Å². The number of thiazole rings is 1. The van der Waals surface area contributed by atoms with Crippen LogP contribution in [0.1, 0.15) is 28.0 Å². The molecule has 7 heteroatoms. The largest absolute Gasteiger partial charge is 0.399 e. The molecule has 0 atom stereocenters. The van der Waals surface area contributed by atoms with Crippen LogP contribution >= 0.6 is 11.3 Å². The quantitative estimate of drug-likeness (QED) is 0.562. The number of aryl methyl sites for hydroxylation is 1. The highest BCUT2D eigenvalue weighted by Gasteiger charge is 2.14. The van der Waals surface area contributed by atoms with Gasteiger partial charge in [0.15, 0.2) is 10.9 Å². The number of nitrogens with zero attached hydrogens (tertiary/aromatic N) is 2. The molecule has 3 rings (SSSR count). The first-order valence-corrected chi connectivity index (χ1v) is 8.17. The van der Waals surface area contributed by atoms with Gasteiger partial charge >= 0.3 is 0 Å². The Morgan fingerprint density at radius 2 is 2.00 bits per heavy atom. The normalized spacial score (nSPS) is 10.8. The van der Waals surface area contributed by atoms with Gasteiger partial charge in [-0.1, -0.05) is 17.4 Å². The van der Waals surface area contributed by atoms with Crippen LogP contribution in [0.25, 0.3) is 10.9 Å². The number of ketones is 1. The second-order valence-corrected chi connectivity index (χ2v) is 6.47. The van der Waals surface area contributed by atoms with Crippen molar-refractivity contribution in [2.75, 3.05) is 11.1 Å². The second kappa shape index (κ2) is 6.37. The first kappa shape index (κ1) is 16.1. The number of nitrogen functional groups attached to an aromatic ring is 1. The second-order valence-electron chi connectivity index (χ2n) is 5.47. The Hall–Kier alpha value is -2.80. The van der Waals surface area contributed by atoms with Gasteiger partial charge in [-0.2, -0.15) is 0 Å². The lowest BCUT2D eigenvalue weighted by Gasteiger charge is -2.04. The lowest BCUT2D eigenvalue weighted by Crippen LogP contribution is -2.15. The van der Waals surface area contributed by atoms with Crippen molar-refractivity contribution in [3.8, 4) is 0 Å². The number of aromatic nitrogens is 2. The van der Waals surface area contributed by atoms with Crippen LogP contribution in [0.3, 0.4) is 0 Å². The standard InChI is InChI=1S/C17H16N4O2S/c1-9-16(10(2)22)24-17(19-9)21-15(23)8-13-5-3-11-7-12(18)4-6-14(11)20-13/h3-7H,8,18H2,1-2H3,(H,19,21,23). The molecule has 2 aromatic heterocycles. The molecule has 0 saturated heterocycles. The zero-order valence-electron chi connectivity index (χ0n) is 13.3. The fourth-order valence-corrected chi connectivity index (χ4v) is 3.27. The highest BCUT2D eigenvalue weighted by atomic mass is 32.1. The van der Waals surface area contributed by atoms with Crippen molar-refractivity contribution < 1.29 is 9.59 Å². The Morgan fingerprint density at radius 3 is 2.71 bits per heavy atom. The molecule has 0 aliphatic carbocycles. The number of benzene rings is 1. The molecule has 0 fully saturated rings. The molecule has 2 heterocycles. The van der Waals surface area contributed by atoms with E-state index in [1.807, 2.05) is 18.2 Å². The minimum absolute atomic E-state index is 0.0547. The molecule has 0 unspecified atom stereocenters. The number of hydrogen-bond donors (Lipinski definition) is 2. The predicted octanol–water partition coefficient (Wildman–Crippen LogP) is 2.97. The number of Topliss-reactive ketones (excluding diaryl/α,β-unsaturated/α-hetero) is 1. The van der Waals surface area contributed by atoms with Crippen molar-refractivity contribution in [3.63, 3.8) is 0 Å². The highest BCUT2D eigenvalue weighted by molar-refractivity contribution is 7.17. The zero-order valence-corrected chi connectivity index (χ0v) is 14.1. The maximum absolute atomic E-state index is 12.2. The van der Waals surface area contributed by atoms with E-state index in [0.29, 0.717) is 27.1 Å². The van der Waals surface area contributed by atoms with Gasteiger partial charge in [-0.3, -0.25) is 14.6 Å². The molecule has 1 amide bonds. The van der Waals surface area contributed by atoms with Crippen LogP contribution < -0.4 is 11.1 Å². The Balaban J connectivity index is 1.74. The van der Waals surface area contributed by atoms with E-state index < -0.39 is 0 Å². The van der Waals surface area contributed by atoms with Gasteiger partial charge in [0.2, 0.25) is 5.91 Å². The third kappa shape index (κ3) is 3.41. The fourth-order valence-electron chi connectivity index (χ4n) is 2.39. The average Bonchev–Trinajstić information content (AvgIpc) is 2.88.